The van der Waals surface area contributed by atoms with Gasteiger partial charge in [-0.05, 0) is 30.7 Å². The molecule has 132 valence electrons. The summed E-state index contributed by atoms with van der Waals surface area (Å²) in [6.45, 7) is -0.0834. The second-order valence-corrected chi connectivity index (χ2v) is 4.99. The van der Waals surface area contributed by atoms with E-state index in [-0.39, 0.29) is 19.0 Å². The number of hydrogen-bond acceptors (Lipinski definition) is 7. The highest BCUT2D eigenvalue weighted by Gasteiger charge is 2.10. The molecule has 2 rings (SSSR count). The van der Waals surface area contributed by atoms with E-state index in [0.29, 0.717) is 18.5 Å². The number of benzene rings is 1. The summed E-state index contributed by atoms with van der Waals surface area (Å²) in [5.41, 5.74) is 1.07. The molecule has 0 saturated heterocycles. The van der Waals surface area contributed by atoms with Gasteiger partial charge in [0.15, 0.2) is 6.61 Å². The van der Waals surface area contributed by atoms with E-state index >= 15 is 0 Å². The molecule has 1 aromatic heterocycles. The Bertz CT molecular complexity index is 713. The third-order valence-corrected chi connectivity index (χ3v) is 3.23. The molecular formula is C16H18N4O5. The average molecular weight is 346 g/mol. The normalized spacial score (nSPS) is 10.1. The number of rotatable bonds is 8. The molecule has 0 spiro atoms. The summed E-state index contributed by atoms with van der Waals surface area (Å²) in [6.07, 6.45) is 3.62. The summed E-state index contributed by atoms with van der Waals surface area (Å²) < 4.78 is 11.0. The first-order chi connectivity index (χ1) is 12.1. The van der Waals surface area contributed by atoms with Gasteiger partial charge in [0.2, 0.25) is 0 Å². The zero-order valence-corrected chi connectivity index (χ0v) is 13.7. The van der Waals surface area contributed by atoms with Crippen LogP contribution in [-0.4, -0.2) is 52.9 Å². The number of carbonyl (C=O) groups excluding carboxylic acids is 3. The third-order valence-electron chi connectivity index (χ3n) is 3.23. The van der Waals surface area contributed by atoms with Crippen LogP contribution in [0.4, 0.5) is 0 Å². The van der Waals surface area contributed by atoms with Gasteiger partial charge in [0.05, 0.1) is 18.4 Å². The largest absolute Gasteiger partial charge is 0.469 e. The summed E-state index contributed by atoms with van der Waals surface area (Å²) in [6, 6.07) is 6.54. The highest BCUT2D eigenvalue weighted by atomic mass is 16.5. The van der Waals surface area contributed by atoms with Crippen molar-refractivity contribution in [3.05, 3.63) is 42.5 Å². The lowest BCUT2D eigenvalue weighted by Gasteiger charge is -2.07. The highest BCUT2D eigenvalue weighted by Crippen LogP contribution is 2.09. The van der Waals surface area contributed by atoms with Crippen molar-refractivity contribution in [3.63, 3.8) is 0 Å². The number of carbonyl (C=O) groups is 3. The Morgan fingerprint density at radius 1 is 1.20 bits per heavy atom. The molecule has 0 saturated carbocycles. The Kier molecular flexibility index (Phi) is 6.64. The van der Waals surface area contributed by atoms with Crippen LogP contribution >= 0.6 is 0 Å². The van der Waals surface area contributed by atoms with Gasteiger partial charge in [-0.1, -0.05) is 0 Å². The van der Waals surface area contributed by atoms with Crippen LogP contribution in [-0.2, 0) is 19.1 Å². The lowest BCUT2D eigenvalue weighted by atomic mass is 10.2. The molecule has 0 aliphatic heterocycles. The molecule has 0 fully saturated rings. The van der Waals surface area contributed by atoms with Gasteiger partial charge in [-0.25, -0.2) is 14.5 Å². The van der Waals surface area contributed by atoms with Crippen molar-refractivity contribution in [1.82, 2.24) is 20.1 Å². The zero-order valence-electron chi connectivity index (χ0n) is 13.7. The molecule has 1 heterocycles. The Labute approximate surface area is 143 Å². The fourth-order valence-corrected chi connectivity index (χ4v) is 1.92. The summed E-state index contributed by atoms with van der Waals surface area (Å²) in [7, 11) is 1.30. The van der Waals surface area contributed by atoms with E-state index in [9.17, 15) is 14.4 Å². The van der Waals surface area contributed by atoms with Crippen LogP contribution in [0, 0.1) is 0 Å². The Morgan fingerprint density at radius 3 is 2.60 bits per heavy atom. The van der Waals surface area contributed by atoms with Gasteiger partial charge in [0.25, 0.3) is 5.91 Å². The Hall–Kier alpha value is -3.23. The van der Waals surface area contributed by atoms with Gasteiger partial charge >= 0.3 is 11.9 Å². The molecule has 25 heavy (non-hydrogen) atoms. The van der Waals surface area contributed by atoms with E-state index in [0.717, 1.165) is 5.69 Å². The maximum absolute atomic E-state index is 11.9. The first-order valence-corrected chi connectivity index (χ1v) is 7.56. The van der Waals surface area contributed by atoms with Crippen molar-refractivity contribution in [2.75, 3.05) is 20.3 Å². The lowest BCUT2D eigenvalue weighted by molar-refractivity contribution is -0.140. The number of esters is 2. The zero-order chi connectivity index (χ0) is 18.1. The van der Waals surface area contributed by atoms with Gasteiger partial charge in [-0.3, -0.25) is 9.59 Å². The molecule has 1 N–H and O–H groups in total. The van der Waals surface area contributed by atoms with Gasteiger partial charge in [0, 0.05) is 13.0 Å². The molecule has 0 bridgehead atoms. The fourth-order valence-electron chi connectivity index (χ4n) is 1.92. The topological polar surface area (TPSA) is 112 Å². The predicted octanol–water partition coefficient (Wildman–Crippen LogP) is 0.493. The van der Waals surface area contributed by atoms with Crippen LogP contribution in [0.3, 0.4) is 0 Å². The average Bonchev–Trinajstić information content (AvgIpc) is 3.18. The van der Waals surface area contributed by atoms with Crippen LogP contribution in [0.5, 0.6) is 0 Å². The van der Waals surface area contributed by atoms with Crippen LogP contribution in [0.25, 0.3) is 5.69 Å². The smallest absolute Gasteiger partial charge is 0.338 e. The second-order valence-electron chi connectivity index (χ2n) is 4.99. The number of nitrogens with zero attached hydrogens (tertiary/aromatic N) is 3. The van der Waals surface area contributed by atoms with E-state index in [1.807, 2.05) is 0 Å². The van der Waals surface area contributed by atoms with E-state index < -0.39 is 11.9 Å². The Morgan fingerprint density at radius 2 is 1.96 bits per heavy atom. The maximum atomic E-state index is 11.9. The molecule has 0 radical (unpaired) electrons. The van der Waals surface area contributed by atoms with Gasteiger partial charge in [-0.2, -0.15) is 5.10 Å². The number of amides is 1. The molecule has 0 atom stereocenters. The van der Waals surface area contributed by atoms with Crippen molar-refractivity contribution in [3.8, 4) is 5.69 Å². The highest BCUT2D eigenvalue weighted by molar-refractivity contribution is 5.91. The fraction of sp³-hybridized carbons (Fsp3) is 0.312. The van der Waals surface area contributed by atoms with Gasteiger partial charge < -0.3 is 14.8 Å². The molecule has 0 aliphatic rings. The van der Waals surface area contributed by atoms with Crippen LogP contribution < -0.4 is 5.32 Å². The maximum Gasteiger partial charge on any atom is 0.338 e. The third kappa shape index (κ3) is 5.72. The molecule has 1 amide bonds. The summed E-state index contributed by atoms with van der Waals surface area (Å²) in [4.78, 5) is 38.2. The van der Waals surface area contributed by atoms with E-state index in [2.05, 4.69) is 20.1 Å². The van der Waals surface area contributed by atoms with E-state index in [1.165, 1.54) is 19.8 Å². The number of aromatic nitrogens is 3. The van der Waals surface area contributed by atoms with Crippen LogP contribution in [0.2, 0.25) is 0 Å². The number of methoxy groups -OCH3 is 1. The number of ether oxygens (including phenoxy) is 2. The van der Waals surface area contributed by atoms with Gasteiger partial charge in [0.1, 0.15) is 12.7 Å². The van der Waals surface area contributed by atoms with Crippen LogP contribution in [0.1, 0.15) is 23.2 Å². The predicted molar refractivity (Wildman–Crippen MR) is 85.9 cm³/mol. The monoisotopic (exact) mass is 346 g/mol. The minimum atomic E-state index is -0.602. The molecule has 0 aliphatic carbocycles. The molecule has 0 unspecified atom stereocenters. The number of nitrogens with one attached hydrogen (secondary N) is 1. The minimum Gasteiger partial charge on any atom is -0.469 e. The summed E-state index contributed by atoms with van der Waals surface area (Å²) in [5.74, 6) is -1.37. The Balaban J connectivity index is 1.72. The molecule has 2 aromatic rings. The van der Waals surface area contributed by atoms with Crippen molar-refractivity contribution in [2.24, 2.45) is 0 Å². The lowest BCUT2D eigenvalue weighted by Crippen LogP contribution is -2.29. The van der Waals surface area contributed by atoms with Crippen molar-refractivity contribution in [2.45, 2.75) is 12.8 Å². The SMILES string of the molecule is COC(=O)CCCNC(=O)COC(=O)c1ccc(-n2cncn2)cc1. The first kappa shape index (κ1) is 18.1. The standard InChI is InChI=1S/C16H18N4O5/c1-24-15(22)3-2-8-18-14(21)9-25-16(23)12-4-6-13(7-5-12)20-11-17-10-19-20/h4-7,10-11H,2-3,8-9H2,1H3,(H,18,21). The van der Waals surface area contributed by atoms with Crippen molar-refractivity contribution >= 4 is 17.8 Å². The van der Waals surface area contributed by atoms with Crippen LogP contribution in [0.15, 0.2) is 36.9 Å². The van der Waals surface area contributed by atoms with E-state index in [4.69, 9.17) is 4.74 Å². The van der Waals surface area contributed by atoms with Gasteiger partial charge in [-0.15, -0.1) is 0 Å². The second kappa shape index (κ2) is 9.16. The van der Waals surface area contributed by atoms with Crippen molar-refractivity contribution in [1.29, 1.82) is 0 Å². The molecule has 9 heteroatoms. The van der Waals surface area contributed by atoms with Crippen molar-refractivity contribution < 1.29 is 23.9 Å². The molecule has 9 nitrogen and oxygen atoms in total. The first-order valence-electron chi connectivity index (χ1n) is 7.56. The quantitative estimate of drug-likeness (QED) is 0.547. The number of hydrogen-bond donors (Lipinski definition) is 1. The summed E-state index contributed by atoms with van der Waals surface area (Å²) >= 11 is 0. The minimum absolute atomic E-state index is 0.217. The summed E-state index contributed by atoms with van der Waals surface area (Å²) in [5, 5.41) is 6.53. The van der Waals surface area contributed by atoms with E-state index in [1.54, 1.807) is 28.9 Å². The molecule has 1 aromatic carbocycles. The molecular weight excluding hydrogens is 328 g/mol.